The van der Waals surface area contributed by atoms with Crippen molar-refractivity contribution < 1.29 is 4.79 Å². The predicted octanol–water partition coefficient (Wildman–Crippen LogP) is 2.08. The van der Waals surface area contributed by atoms with E-state index in [1.807, 2.05) is 0 Å². The number of carbonyl (C=O) groups excluding carboxylic acids is 1. The number of rotatable bonds is 2. The van der Waals surface area contributed by atoms with Gasteiger partial charge in [0.15, 0.2) is 0 Å². The van der Waals surface area contributed by atoms with Crippen LogP contribution in [0.4, 0.5) is 0 Å². The zero-order valence-electron chi connectivity index (χ0n) is 10.0. The van der Waals surface area contributed by atoms with Gasteiger partial charge in [-0.1, -0.05) is 28.1 Å². The van der Waals surface area contributed by atoms with Gasteiger partial charge in [-0.05, 0) is 24.1 Å². The number of hydrogen-bond donors (Lipinski definition) is 1. The molecule has 92 valence electrons. The van der Waals surface area contributed by atoms with Gasteiger partial charge in [0.25, 0.3) is 0 Å². The number of nitrogens with zero attached hydrogens (tertiary/aromatic N) is 1. The monoisotopic (exact) mass is 296 g/mol. The van der Waals surface area contributed by atoms with Crippen LogP contribution in [0.5, 0.6) is 0 Å². The molecule has 1 aromatic rings. The molecule has 1 saturated heterocycles. The van der Waals surface area contributed by atoms with E-state index < -0.39 is 0 Å². The van der Waals surface area contributed by atoms with Gasteiger partial charge in [0, 0.05) is 37.1 Å². The normalized spacial score (nSPS) is 17.6. The topological polar surface area (TPSA) is 32.3 Å². The highest BCUT2D eigenvalue weighted by Crippen LogP contribution is 2.20. The molecule has 0 saturated carbocycles. The first-order chi connectivity index (χ1) is 8.15. The summed E-state index contributed by atoms with van der Waals surface area (Å²) in [5.74, 6) is 0.162. The summed E-state index contributed by atoms with van der Waals surface area (Å²) in [4.78, 5) is 13.6. The minimum atomic E-state index is 0.162. The van der Waals surface area contributed by atoms with Crippen LogP contribution in [0, 0.1) is 6.92 Å². The lowest BCUT2D eigenvalue weighted by atomic mass is 10.1. The molecule has 1 aliphatic heterocycles. The van der Waals surface area contributed by atoms with E-state index in [1.165, 1.54) is 11.1 Å². The van der Waals surface area contributed by atoms with Gasteiger partial charge >= 0.3 is 0 Å². The molecule has 3 nitrogen and oxygen atoms in total. The first-order valence-corrected chi connectivity index (χ1v) is 6.68. The second-order valence-corrected chi connectivity index (χ2v) is 5.33. The van der Waals surface area contributed by atoms with Gasteiger partial charge in [0.05, 0.1) is 0 Å². The van der Waals surface area contributed by atoms with Crippen LogP contribution in [0.1, 0.15) is 17.5 Å². The van der Waals surface area contributed by atoms with Crippen molar-refractivity contribution in [2.45, 2.75) is 19.9 Å². The Bertz CT molecular complexity index is 420. The van der Waals surface area contributed by atoms with Crippen molar-refractivity contribution in [2.75, 3.05) is 19.6 Å². The van der Waals surface area contributed by atoms with Crippen molar-refractivity contribution in [1.82, 2.24) is 10.2 Å². The molecule has 2 rings (SSSR count). The largest absolute Gasteiger partial charge is 0.355 e. The smallest absolute Gasteiger partial charge is 0.221 e. The summed E-state index contributed by atoms with van der Waals surface area (Å²) >= 11 is 3.60. The third kappa shape index (κ3) is 3.54. The summed E-state index contributed by atoms with van der Waals surface area (Å²) in [6, 6.07) is 6.41. The van der Waals surface area contributed by atoms with E-state index in [4.69, 9.17) is 0 Å². The Labute approximate surface area is 110 Å². The molecule has 0 bridgehead atoms. The number of halogens is 1. The maximum Gasteiger partial charge on any atom is 0.221 e. The molecule has 4 heteroatoms. The molecule has 17 heavy (non-hydrogen) atoms. The molecule has 1 N–H and O–H groups in total. The number of benzene rings is 1. The fraction of sp³-hybridized carbons (Fsp3) is 0.462. The SMILES string of the molecule is Cc1ccc(CN2CCNC(=O)CC2)c(Br)c1. The average molecular weight is 297 g/mol. The lowest BCUT2D eigenvalue weighted by Crippen LogP contribution is -2.28. The first kappa shape index (κ1) is 12.6. The molecular formula is C13H17BrN2O. The maximum atomic E-state index is 11.2. The van der Waals surface area contributed by atoms with Crippen LogP contribution in [0.2, 0.25) is 0 Å². The minimum absolute atomic E-state index is 0.162. The second-order valence-electron chi connectivity index (χ2n) is 4.47. The molecule has 0 unspecified atom stereocenters. The Balaban J connectivity index is 2.02. The van der Waals surface area contributed by atoms with Crippen molar-refractivity contribution in [3.63, 3.8) is 0 Å². The number of hydrogen-bond acceptors (Lipinski definition) is 2. The van der Waals surface area contributed by atoms with E-state index in [-0.39, 0.29) is 5.91 Å². The van der Waals surface area contributed by atoms with Gasteiger partial charge in [-0.2, -0.15) is 0 Å². The van der Waals surface area contributed by atoms with Gasteiger partial charge in [0.1, 0.15) is 0 Å². The van der Waals surface area contributed by atoms with Crippen LogP contribution in [0.3, 0.4) is 0 Å². The molecular weight excluding hydrogens is 280 g/mol. The van der Waals surface area contributed by atoms with E-state index in [1.54, 1.807) is 0 Å². The fourth-order valence-corrected chi connectivity index (χ4v) is 2.61. The van der Waals surface area contributed by atoms with Crippen LogP contribution in [-0.2, 0) is 11.3 Å². The molecule has 0 radical (unpaired) electrons. The minimum Gasteiger partial charge on any atom is -0.355 e. The highest BCUT2D eigenvalue weighted by molar-refractivity contribution is 9.10. The van der Waals surface area contributed by atoms with E-state index in [0.29, 0.717) is 6.42 Å². The quantitative estimate of drug-likeness (QED) is 0.906. The number of amides is 1. The summed E-state index contributed by atoms with van der Waals surface area (Å²) < 4.78 is 1.15. The predicted molar refractivity (Wildman–Crippen MR) is 71.8 cm³/mol. The Kier molecular flexibility index (Phi) is 4.18. The van der Waals surface area contributed by atoms with Crippen molar-refractivity contribution in [1.29, 1.82) is 0 Å². The molecule has 0 aliphatic carbocycles. The highest BCUT2D eigenvalue weighted by Gasteiger charge is 2.14. The van der Waals surface area contributed by atoms with Gasteiger partial charge in [-0.25, -0.2) is 0 Å². The fourth-order valence-electron chi connectivity index (χ4n) is 1.99. The molecule has 1 heterocycles. The molecule has 1 amide bonds. The molecule has 1 fully saturated rings. The highest BCUT2D eigenvalue weighted by atomic mass is 79.9. The first-order valence-electron chi connectivity index (χ1n) is 5.89. The zero-order chi connectivity index (χ0) is 12.3. The van der Waals surface area contributed by atoms with Crippen LogP contribution < -0.4 is 5.32 Å². The summed E-state index contributed by atoms with van der Waals surface area (Å²) in [5, 5.41) is 2.89. The summed E-state index contributed by atoms with van der Waals surface area (Å²) in [6.07, 6.45) is 0.601. The third-order valence-electron chi connectivity index (χ3n) is 3.01. The van der Waals surface area contributed by atoms with Crippen molar-refractivity contribution >= 4 is 21.8 Å². The molecule has 0 aromatic heterocycles. The molecule has 0 atom stereocenters. The standard InChI is InChI=1S/C13H17BrN2O/c1-10-2-3-11(12(14)8-10)9-16-6-4-13(17)15-5-7-16/h2-3,8H,4-7,9H2,1H3,(H,15,17). The maximum absolute atomic E-state index is 11.2. The zero-order valence-corrected chi connectivity index (χ0v) is 11.6. The second kappa shape index (κ2) is 5.65. The average Bonchev–Trinajstić information content (AvgIpc) is 2.48. The van der Waals surface area contributed by atoms with Crippen molar-refractivity contribution in [3.8, 4) is 0 Å². The van der Waals surface area contributed by atoms with Crippen LogP contribution in [0.25, 0.3) is 0 Å². The van der Waals surface area contributed by atoms with Crippen LogP contribution in [-0.4, -0.2) is 30.4 Å². The lowest BCUT2D eigenvalue weighted by molar-refractivity contribution is -0.120. The lowest BCUT2D eigenvalue weighted by Gasteiger charge is -2.19. The molecule has 1 aliphatic rings. The van der Waals surface area contributed by atoms with Gasteiger partial charge in [-0.3, -0.25) is 9.69 Å². The summed E-state index contributed by atoms with van der Waals surface area (Å²) in [6.45, 7) is 5.50. The van der Waals surface area contributed by atoms with Crippen molar-refractivity contribution in [2.24, 2.45) is 0 Å². The van der Waals surface area contributed by atoms with Gasteiger partial charge in [0.2, 0.25) is 5.91 Å². The van der Waals surface area contributed by atoms with Crippen LogP contribution in [0.15, 0.2) is 22.7 Å². The van der Waals surface area contributed by atoms with Crippen molar-refractivity contribution in [3.05, 3.63) is 33.8 Å². The summed E-state index contributed by atoms with van der Waals surface area (Å²) in [7, 11) is 0. The van der Waals surface area contributed by atoms with E-state index in [9.17, 15) is 4.79 Å². The Morgan fingerprint density at radius 1 is 1.41 bits per heavy atom. The van der Waals surface area contributed by atoms with Gasteiger partial charge < -0.3 is 5.32 Å². The Morgan fingerprint density at radius 2 is 2.24 bits per heavy atom. The third-order valence-corrected chi connectivity index (χ3v) is 3.75. The van der Waals surface area contributed by atoms with E-state index in [2.05, 4.69) is 51.3 Å². The molecule has 0 spiro atoms. The number of carbonyl (C=O) groups is 1. The Hall–Kier alpha value is -0.870. The number of aryl methyl sites for hydroxylation is 1. The van der Waals surface area contributed by atoms with E-state index in [0.717, 1.165) is 30.7 Å². The van der Waals surface area contributed by atoms with E-state index >= 15 is 0 Å². The number of nitrogens with one attached hydrogen (secondary N) is 1. The van der Waals surface area contributed by atoms with Crippen LogP contribution >= 0.6 is 15.9 Å². The molecule has 1 aromatic carbocycles. The summed E-state index contributed by atoms with van der Waals surface area (Å²) in [5.41, 5.74) is 2.54. The Morgan fingerprint density at radius 3 is 3.00 bits per heavy atom. The van der Waals surface area contributed by atoms with Gasteiger partial charge in [-0.15, -0.1) is 0 Å².